The fourth-order valence-corrected chi connectivity index (χ4v) is 5.24. The highest BCUT2D eigenvalue weighted by atomic mass is 16.5. The van der Waals surface area contributed by atoms with Crippen LogP contribution in [-0.2, 0) is 32.1 Å². The number of nitrogen functional groups attached to an aromatic ring is 1. The molecule has 1 unspecified atom stereocenters. The monoisotopic (exact) mass is 693 g/mol. The van der Waals surface area contributed by atoms with E-state index < -0.39 is 11.9 Å². The maximum absolute atomic E-state index is 13.2. The fraction of sp³-hybridized carbons (Fsp3) is 0.250. The molecule has 0 radical (unpaired) electrons. The largest absolute Gasteiger partial charge is 0.466 e. The number of carbonyl (C=O) groups excluding carboxylic acids is 3. The first-order valence-electron chi connectivity index (χ1n) is 16.2. The molecule has 6 rings (SSSR count). The summed E-state index contributed by atoms with van der Waals surface area (Å²) in [5.74, 6) is -1.63. The zero-order valence-corrected chi connectivity index (χ0v) is 27.6. The third-order valence-corrected chi connectivity index (χ3v) is 7.66. The molecule has 2 aliphatic heterocycles. The lowest BCUT2D eigenvalue weighted by Gasteiger charge is -2.22. The number of hydrogen-bond acceptors (Lipinski definition) is 13. The molecular weight excluding hydrogens is 658 g/mol. The number of nitrogens with one attached hydrogen (secondary N) is 3. The molecule has 262 valence electrons. The van der Waals surface area contributed by atoms with Gasteiger partial charge in [0.05, 0.1) is 6.61 Å². The zero-order chi connectivity index (χ0) is 35.7. The van der Waals surface area contributed by atoms with Gasteiger partial charge in [-0.15, -0.1) is 0 Å². The third kappa shape index (κ3) is 8.82. The average Bonchev–Trinajstić information content (AvgIpc) is 3.14. The van der Waals surface area contributed by atoms with E-state index >= 15 is 0 Å². The summed E-state index contributed by atoms with van der Waals surface area (Å²) in [7, 11) is 0. The summed E-state index contributed by atoms with van der Waals surface area (Å²) in [5.41, 5.74) is 8.44. The number of ether oxygens (including phenoxy) is 5. The predicted octanol–water partition coefficient (Wildman–Crippen LogP) is 4.59. The SMILES string of the molecule is CCOC(=O)CCc1cc(Oc2nc(Oc3cc(C(=N)N)ccc3C(=O)OCc3ccccc3)nc3c2NC(=O)CO3)cc(C2N=CCCN2)c1. The van der Waals surface area contributed by atoms with Crippen molar-refractivity contribution in [1.82, 2.24) is 15.3 Å². The van der Waals surface area contributed by atoms with Crippen molar-refractivity contribution in [2.24, 2.45) is 10.7 Å². The first-order chi connectivity index (χ1) is 24.7. The van der Waals surface area contributed by atoms with Gasteiger partial charge in [-0.1, -0.05) is 42.5 Å². The molecule has 0 saturated carbocycles. The van der Waals surface area contributed by atoms with Crippen molar-refractivity contribution in [3.05, 3.63) is 94.5 Å². The minimum absolute atomic E-state index is 0.0109. The van der Waals surface area contributed by atoms with E-state index in [-0.39, 0.29) is 84.5 Å². The van der Waals surface area contributed by atoms with Crippen molar-refractivity contribution in [3.63, 3.8) is 0 Å². The van der Waals surface area contributed by atoms with Crippen LogP contribution in [0.2, 0.25) is 0 Å². The van der Waals surface area contributed by atoms with E-state index in [4.69, 9.17) is 34.8 Å². The zero-order valence-electron chi connectivity index (χ0n) is 27.6. The van der Waals surface area contributed by atoms with Gasteiger partial charge >= 0.3 is 17.9 Å². The topological polar surface area (TPSA) is 209 Å². The van der Waals surface area contributed by atoms with Crippen molar-refractivity contribution in [2.75, 3.05) is 25.1 Å². The van der Waals surface area contributed by atoms with Crippen LogP contribution in [0.3, 0.4) is 0 Å². The van der Waals surface area contributed by atoms with Gasteiger partial charge in [-0.3, -0.25) is 25.3 Å². The summed E-state index contributed by atoms with van der Waals surface area (Å²) in [5, 5.41) is 14.0. The van der Waals surface area contributed by atoms with E-state index in [0.717, 1.165) is 29.7 Å². The molecule has 15 heteroatoms. The van der Waals surface area contributed by atoms with E-state index in [1.807, 2.05) is 42.6 Å². The molecule has 0 fully saturated rings. The molecule has 1 aromatic heterocycles. The molecule has 1 atom stereocenters. The van der Waals surface area contributed by atoms with E-state index in [1.165, 1.54) is 18.2 Å². The van der Waals surface area contributed by atoms with Crippen LogP contribution in [0.1, 0.15) is 58.5 Å². The van der Waals surface area contributed by atoms with Gasteiger partial charge in [-0.05, 0) is 60.7 Å². The number of aryl methyl sites for hydroxylation is 1. The summed E-state index contributed by atoms with van der Waals surface area (Å²) in [4.78, 5) is 51.1. The number of hydrogen-bond donors (Lipinski definition) is 4. The maximum atomic E-state index is 13.2. The Labute approximate surface area is 292 Å². The number of benzene rings is 3. The summed E-state index contributed by atoms with van der Waals surface area (Å²) in [6, 6.07) is 18.6. The molecule has 5 N–H and O–H groups in total. The Balaban J connectivity index is 1.34. The van der Waals surface area contributed by atoms with Crippen LogP contribution < -0.4 is 30.6 Å². The minimum atomic E-state index is -0.701. The van der Waals surface area contributed by atoms with Crippen LogP contribution in [0, 0.1) is 5.41 Å². The van der Waals surface area contributed by atoms with Crippen molar-refractivity contribution < 1.29 is 38.1 Å². The van der Waals surface area contributed by atoms with Gasteiger partial charge in [-0.25, -0.2) is 4.79 Å². The highest BCUT2D eigenvalue weighted by Gasteiger charge is 2.27. The summed E-state index contributed by atoms with van der Waals surface area (Å²) in [6.07, 6.45) is 2.80. The molecule has 2 aliphatic rings. The average molecular weight is 694 g/mol. The molecule has 0 bridgehead atoms. The quantitative estimate of drug-likeness (QED) is 0.0861. The lowest BCUT2D eigenvalue weighted by atomic mass is 10.0. The highest BCUT2D eigenvalue weighted by Crippen LogP contribution is 2.40. The Morgan fingerprint density at radius 1 is 1.02 bits per heavy atom. The third-order valence-electron chi connectivity index (χ3n) is 7.66. The van der Waals surface area contributed by atoms with Crippen LogP contribution in [0.25, 0.3) is 0 Å². The van der Waals surface area contributed by atoms with Gasteiger partial charge in [0.2, 0.25) is 5.88 Å². The fourth-order valence-electron chi connectivity index (χ4n) is 5.24. The maximum Gasteiger partial charge on any atom is 0.342 e. The van der Waals surface area contributed by atoms with Gasteiger partial charge in [-0.2, -0.15) is 9.97 Å². The van der Waals surface area contributed by atoms with Crippen molar-refractivity contribution in [3.8, 4) is 29.3 Å². The van der Waals surface area contributed by atoms with Crippen molar-refractivity contribution >= 4 is 35.6 Å². The van der Waals surface area contributed by atoms with E-state index in [2.05, 4.69) is 25.6 Å². The van der Waals surface area contributed by atoms with Gasteiger partial charge < -0.3 is 34.7 Å². The molecule has 0 saturated heterocycles. The molecule has 4 aromatic rings. The van der Waals surface area contributed by atoms with E-state index in [0.29, 0.717) is 12.2 Å². The molecule has 3 aromatic carbocycles. The van der Waals surface area contributed by atoms with Crippen molar-refractivity contribution in [2.45, 2.75) is 39.0 Å². The standard InChI is InChI=1S/C36H35N7O8/c1-2-47-29(45)12-9-22-15-24(32-39-13-6-14-40-32)17-25(16-22)50-34-30-33(48-20-28(44)41-30)42-36(43-34)51-27-18-23(31(37)38)10-11-26(27)35(46)49-19-21-7-4-3-5-8-21/h3-5,7-8,10-11,13,15-18,32,40H,2,6,9,12,14,19-20H2,1H3,(H3,37,38)(H,41,44). The van der Waals surface area contributed by atoms with Gasteiger partial charge in [0.15, 0.2) is 12.3 Å². The smallest absolute Gasteiger partial charge is 0.342 e. The molecular formula is C36H35N7O8. The highest BCUT2D eigenvalue weighted by molar-refractivity contribution is 5.99. The molecule has 15 nitrogen and oxygen atoms in total. The Morgan fingerprint density at radius 2 is 1.86 bits per heavy atom. The molecule has 3 heterocycles. The summed E-state index contributed by atoms with van der Waals surface area (Å²) >= 11 is 0. The Kier molecular flexibility index (Phi) is 10.8. The second-order valence-electron chi connectivity index (χ2n) is 11.4. The van der Waals surface area contributed by atoms with Crippen LogP contribution in [0.5, 0.6) is 29.3 Å². The van der Waals surface area contributed by atoms with E-state index in [1.54, 1.807) is 19.1 Å². The Bertz CT molecular complexity index is 1990. The number of carbonyl (C=O) groups is 3. The molecule has 0 aliphatic carbocycles. The normalized spacial score (nSPS) is 14.8. The predicted molar refractivity (Wildman–Crippen MR) is 185 cm³/mol. The van der Waals surface area contributed by atoms with E-state index in [9.17, 15) is 14.4 Å². The number of nitrogens with two attached hydrogens (primary N) is 1. The Hall–Kier alpha value is -6.35. The van der Waals surface area contributed by atoms with Crippen LogP contribution >= 0.6 is 0 Å². The number of esters is 2. The number of amidine groups is 1. The van der Waals surface area contributed by atoms with Crippen LogP contribution in [0.15, 0.2) is 71.7 Å². The summed E-state index contributed by atoms with van der Waals surface area (Å²) < 4.78 is 28.6. The lowest BCUT2D eigenvalue weighted by Crippen LogP contribution is -2.27. The van der Waals surface area contributed by atoms with Gasteiger partial charge in [0, 0.05) is 24.7 Å². The van der Waals surface area contributed by atoms with Gasteiger partial charge in [0.25, 0.3) is 11.8 Å². The first-order valence-corrected chi connectivity index (χ1v) is 16.2. The number of fused-ring (bicyclic) bond motifs is 1. The van der Waals surface area contributed by atoms with Crippen molar-refractivity contribution in [1.29, 1.82) is 5.41 Å². The summed E-state index contributed by atoms with van der Waals surface area (Å²) in [6.45, 7) is 2.45. The second-order valence-corrected chi connectivity index (χ2v) is 11.4. The number of anilines is 1. The number of nitrogens with zero attached hydrogens (tertiary/aromatic N) is 3. The van der Waals surface area contributed by atoms with Crippen LogP contribution in [0.4, 0.5) is 5.69 Å². The number of rotatable bonds is 13. The minimum Gasteiger partial charge on any atom is -0.466 e. The number of aromatic nitrogens is 2. The molecule has 51 heavy (non-hydrogen) atoms. The number of amides is 1. The first kappa shape index (κ1) is 34.5. The second kappa shape index (κ2) is 15.9. The molecule has 1 amide bonds. The lowest BCUT2D eigenvalue weighted by molar-refractivity contribution is -0.143. The number of aliphatic imine (C=N–C) groups is 1. The molecule has 0 spiro atoms. The van der Waals surface area contributed by atoms with Gasteiger partial charge in [0.1, 0.15) is 35.7 Å². The van der Waals surface area contributed by atoms with Crippen LogP contribution in [-0.4, -0.2) is 59.6 Å². The Morgan fingerprint density at radius 3 is 2.63 bits per heavy atom.